The van der Waals surface area contributed by atoms with Crippen molar-refractivity contribution < 1.29 is 4.92 Å². The van der Waals surface area contributed by atoms with E-state index >= 15 is 0 Å². The lowest BCUT2D eigenvalue weighted by Crippen LogP contribution is -2.32. The van der Waals surface area contributed by atoms with Crippen molar-refractivity contribution in [3.05, 3.63) is 34.0 Å². The zero-order chi connectivity index (χ0) is 18.0. The van der Waals surface area contributed by atoms with Gasteiger partial charge in [0.1, 0.15) is 11.5 Å². The third-order valence-electron chi connectivity index (χ3n) is 5.02. The average molecular weight is 344 g/mol. The van der Waals surface area contributed by atoms with Gasteiger partial charge in [0, 0.05) is 18.4 Å². The molecule has 1 fully saturated rings. The molecule has 0 aliphatic heterocycles. The molecule has 0 saturated heterocycles. The second-order valence-corrected chi connectivity index (χ2v) is 6.61. The Morgan fingerprint density at radius 1 is 1.32 bits per heavy atom. The minimum Gasteiger partial charge on any atom is -0.351 e. The molecule has 25 heavy (non-hydrogen) atoms. The van der Waals surface area contributed by atoms with E-state index in [1.807, 2.05) is 0 Å². The van der Waals surface area contributed by atoms with E-state index in [2.05, 4.69) is 27.2 Å². The van der Waals surface area contributed by atoms with Crippen LogP contribution in [0.1, 0.15) is 50.5 Å². The Labute approximate surface area is 146 Å². The standard InChI is InChI=1S/C17H24N6O2/c1-4-13-7-5-6-8-14(13)20-17-19-11(2)15(23(24)25)16(21-17)22-10-9-18-12(22)3/h9-10,13-14H,4-8H2,1-3H3,(H,19,20,21)/t13-,14-/m0/s1. The number of nitrogens with zero attached hydrogens (tertiary/aromatic N) is 5. The molecule has 2 aromatic heterocycles. The van der Waals surface area contributed by atoms with Crippen LogP contribution in [0.2, 0.25) is 0 Å². The lowest BCUT2D eigenvalue weighted by Gasteiger charge is -2.31. The summed E-state index contributed by atoms with van der Waals surface area (Å²) in [5.41, 5.74) is 0.275. The summed E-state index contributed by atoms with van der Waals surface area (Å²) >= 11 is 0. The molecular weight excluding hydrogens is 320 g/mol. The van der Waals surface area contributed by atoms with Crippen molar-refractivity contribution in [3.8, 4) is 5.82 Å². The van der Waals surface area contributed by atoms with Crippen LogP contribution in [0.5, 0.6) is 0 Å². The molecular formula is C17H24N6O2. The molecule has 1 N–H and O–H groups in total. The highest BCUT2D eigenvalue weighted by atomic mass is 16.6. The lowest BCUT2D eigenvalue weighted by molar-refractivity contribution is -0.385. The molecule has 8 heteroatoms. The highest BCUT2D eigenvalue weighted by Gasteiger charge is 2.28. The van der Waals surface area contributed by atoms with Gasteiger partial charge < -0.3 is 5.32 Å². The molecule has 0 amide bonds. The molecule has 2 atom stereocenters. The van der Waals surface area contributed by atoms with Gasteiger partial charge in [0.25, 0.3) is 0 Å². The quantitative estimate of drug-likeness (QED) is 0.657. The third-order valence-corrected chi connectivity index (χ3v) is 5.02. The summed E-state index contributed by atoms with van der Waals surface area (Å²) < 4.78 is 1.64. The fourth-order valence-electron chi connectivity index (χ4n) is 3.65. The molecule has 134 valence electrons. The largest absolute Gasteiger partial charge is 0.351 e. The Morgan fingerprint density at radius 2 is 2.08 bits per heavy atom. The molecule has 0 aromatic carbocycles. The summed E-state index contributed by atoms with van der Waals surface area (Å²) in [6, 6.07) is 0.316. The summed E-state index contributed by atoms with van der Waals surface area (Å²) in [6.07, 6.45) is 9.13. The Kier molecular flexibility index (Phi) is 4.96. The number of rotatable bonds is 5. The molecule has 2 aromatic rings. The van der Waals surface area contributed by atoms with Crippen molar-refractivity contribution in [2.75, 3.05) is 5.32 Å². The molecule has 0 radical (unpaired) electrons. The van der Waals surface area contributed by atoms with E-state index in [0.29, 0.717) is 29.4 Å². The van der Waals surface area contributed by atoms with Crippen molar-refractivity contribution in [3.63, 3.8) is 0 Å². The maximum Gasteiger partial charge on any atom is 0.333 e. The molecule has 1 aliphatic carbocycles. The second-order valence-electron chi connectivity index (χ2n) is 6.61. The molecule has 1 aliphatic rings. The van der Waals surface area contributed by atoms with Gasteiger partial charge in [-0.2, -0.15) is 4.98 Å². The number of anilines is 1. The first-order valence-corrected chi connectivity index (χ1v) is 8.81. The zero-order valence-corrected chi connectivity index (χ0v) is 14.9. The van der Waals surface area contributed by atoms with Crippen LogP contribution in [0.25, 0.3) is 5.82 Å². The van der Waals surface area contributed by atoms with Crippen LogP contribution in [-0.4, -0.2) is 30.5 Å². The summed E-state index contributed by atoms with van der Waals surface area (Å²) in [4.78, 5) is 24.1. The minimum absolute atomic E-state index is 0.0812. The van der Waals surface area contributed by atoms with Crippen LogP contribution in [0.15, 0.2) is 12.4 Å². The van der Waals surface area contributed by atoms with Crippen molar-refractivity contribution in [2.45, 2.75) is 58.9 Å². The Balaban J connectivity index is 2.00. The second kappa shape index (κ2) is 7.16. The molecule has 1 saturated carbocycles. The maximum absolute atomic E-state index is 11.5. The minimum atomic E-state index is -0.427. The van der Waals surface area contributed by atoms with E-state index in [0.717, 1.165) is 12.8 Å². The molecule has 3 rings (SSSR count). The molecule has 2 heterocycles. The zero-order valence-electron chi connectivity index (χ0n) is 14.9. The number of aromatic nitrogens is 4. The highest BCUT2D eigenvalue weighted by molar-refractivity contribution is 5.54. The number of nitrogens with one attached hydrogen (secondary N) is 1. The van der Waals surface area contributed by atoms with E-state index in [1.165, 1.54) is 19.3 Å². The van der Waals surface area contributed by atoms with Gasteiger partial charge in [-0.15, -0.1) is 0 Å². The van der Waals surface area contributed by atoms with E-state index in [-0.39, 0.29) is 11.5 Å². The lowest BCUT2D eigenvalue weighted by atomic mass is 9.83. The first-order valence-electron chi connectivity index (χ1n) is 8.81. The van der Waals surface area contributed by atoms with Crippen LogP contribution < -0.4 is 5.32 Å². The predicted molar refractivity (Wildman–Crippen MR) is 94.9 cm³/mol. The Morgan fingerprint density at radius 3 is 2.72 bits per heavy atom. The fourth-order valence-corrected chi connectivity index (χ4v) is 3.65. The van der Waals surface area contributed by atoms with E-state index < -0.39 is 4.92 Å². The SMILES string of the molecule is CC[C@H]1CCCC[C@@H]1Nc1nc(C)c([N+](=O)[O-])c(-n2ccnc2C)n1. The predicted octanol–water partition coefficient (Wildman–Crippen LogP) is 3.57. The van der Waals surface area contributed by atoms with Gasteiger partial charge in [-0.1, -0.05) is 26.2 Å². The summed E-state index contributed by atoms with van der Waals surface area (Å²) in [5, 5.41) is 15.0. The van der Waals surface area contributed by atoms with Gasteiger partial charge in [-0.05, 0) is 32.6 Å². The van der Waals surface area contributed by atoms with Crippen molar-refractivity contribution >= 4 is 11.6 Å². The Hall–Kier alpha value is -2.51. The summed E-state index contributed by atoms with van der Waals surface area (Å²) in [6.45, 7) is 5.65. The van der Waals surface area contributed by atoms with Gasteiger partial charge in [0.2, 0.25) is 11.8 Å². The van der Waals surface area contributed by atoms with E-state index in [9.17, 15) is 10.1 Å². The smallest absolute Gasteiger partial charge is 0.333 e. The normalized spacial score (nSPS) is 20.4. The Bertz CT molecular complexity index is 772. The number of hydrogen-bond acceptors (Lipinski definition) is 6. The summed E-state index contributed by atoms with van der Waals surface area (Å²) in [5.74, 6) is 1.96. The molecule has 0 spiro atoms. The molecule has 8 nitrogen and oxygen atoms in total. The number of aryl methyl sites for hydroxylation is 2. The highest BCUT2D eigenvalue weighted by Crippen LogP contribution is 2.31. The third kappa shape index (κ3) is 3.47. The first-order chi connectivity index (χ1) is 12.0. The van der Waals surface area contributed by atoms with E-state index in [4.69, 9.17) is 0 Å². The van der Waals surface area contributed by atoms with Crippen molar-refractivity contribution in [1.29, 1.82) is 0 Å². The van der Waals surface area contributed by atoms with Gasteiger partial charge in [-0.25, -0.2) is 9.97 Å². The van der Waals surface area contributed by atoms with E-state index in [1.54, 1.807) is 30.8 Å². The number of nitro groups is 1. The monoisotopic (exact) mass is 344 g/mol. The van der Waals surface area contributed by atoms with Gasteiger partial charge in [0.05, 0.1) is 4.92 Å². The number of imidazole rings is 1. The van der Waals surface area contributed by atoms with Crippen LogP contribution in [0.4, 0.5) is 11.6 Å². The topological polar surface area (TPSA) is 98.8 Å². The van der Waals surface area contributed by atoms with Crippen LogP contribution in [0.3, 0.4) is 0 Å². The first kappa shape index (κ1) is 17.3. The summed E-state index contributed by atoms with van der Waals surface area (Å²) in [7, 11) is 0. The average Bonchev–Trinajstić information content (AvgIpc) is 3.00. The van der Waals surface area contributed by atoms with Crippen molar-refractivity contribution in [1.82, 2.24) is 19.5 Å². The van der Waals surface area contributed by atoms with Crippen LogP contribution in [-0.2, 0) is 0 Å². The maximum atomic E-state index is 11.5. The number of hydrogen-bond donors (Lipinski definition) is 1. The fraction of sp³-hybridized carbons (Fsp3) is 0.588. The van der Waals surface area contributed by atoms with Gasteiger partial charge in [-0.3, -0.25) is 14.7 Å². The van der Waals surface area contributed by atoms with Gasteiger partial charge >= 0.3 is 5.69 Å². The van der Waals surface area contributed by atoms with Crippen LogP contribution >= 0.6 is 0 Å². The molecule has 0 unspecified atom stereocenters. The van der Waals surface area contributed by atoms with Crippen molar-refractivity contribution in [2.24, 2.45) is 5.92 Å². The van der Waals surface area contributed by atoms with Gasteiger partial charge in [0.15, 0.2) is 0 Å². The molecule has 0 bridgehead atoms. The van der Waals surface area contributed by atoms with Crippen LogP contribution in [0, 0.1) is 29.9 Å².